The zero-order chi connectivity index (χ0) is 20.6. The summed E-state index contributed by atoms with van der Waals surface area (Å²) in [4.78, 5) is 12.0. The number of guanidine groups is 1. The Kier molecular flexibility index (Phi) is 7.38. The molecule has 7 nitrogen and oxygen atoms in total. The highest BCUT2D eigenvalue weighted by Crippen LogP contribution is 2.40. The Morgan fingerprint density at radius 2 is 2.00 bits per heavy atom. The largest absolute Gasteiger partial charge is 0.424 e. The molecule has 10 heteroatoms. The van der Waals surface area contributed by atoms with Crippen molar-refractivity contribution in [3.8, 4) is 0 Å². The van der Waals surface area contributed by atoms with E-state index in [-0.39, 0.29) is 6.54 Å². The number of hydrogen-bond acceptors (Lipinski definition) is 4. The van der Waals surface area contributed by atoms with E-state index in [9.17, 15) is 18.3 Å². The van der Waals surface area contributed by atoms with Gasteiger partial charge in [-0.25, -0.2) is 4.98 Å². The molecule has 154 valence electrons. The summed E-state index contributed by atoms with van der Waals surface area (Å²) in [5, 5.41) is 16.4. The molecule has 0 amide bonds. The van der Waals surface area contributed by atoms with Crippen LogP contribution in [0.2, 0.25) is 0 Å². The van der Waals surface area contributed by atoms with Crippen molar-refractivity contribution in [3.63, 3.8) is 0 Å². The van der Waals surface area contributed by atoms with Crippen molar-refractivity contribution in [2.24, 2.45) is 12.0 Å². The smallest absolute Gasteiger partial charge is 0.374 e. The van der Waals surface area contributed by atoms with Crippen LogP contribution >= 0.6 is 0 Å². The van der Waals surface area contributed by atoms with Gasteiger partial charge in [0.15, 0.2) is 5.96 Å². The molecular formula is C18H25F3N6O. The number of halogens is 3. The van der Waals surface area contributed by atoms with Crippen LogP contribution in [-0.4, -0.2) is 51.4 Å². The number of rotatable bonds is 8. The van der Waals surface area contributed by atoms with Crippen LogP contribution in [-0.2, 0) is 19.1 Å². The van der Waals surface area contributed by atoms with Gasteiger partial charge >= 0.3 is 6.18 Å². The maximum atomic E-state index is 13.5. The van der Waals surface area contributed by atoms with Gasteiger partial charge in [0, 0.05) is 63.8 Å². The zero-order valence-corrected chi connectivity index (χ0v) is 15.9. The fourth-order valence-corrected chi connectivity index (χ4v) is 2.67. The SMILES string of the molecule is CCNC(=NCCC(O)(c1nccn1C)C(F)(F)F)NCCc1ccccn1. The molecule has 0 aliphatic carbocycles. The third-order valence-electron chi connectivity index (χ3n) is 4.15. The summed E-state index contributed by atoms with van der Waals surface area (Å²) in [5.41, 5.74) is -2.17. The normalized spacial score (nSPS) is 14.6. The van der Waals surface area contributed by atoms with E-state index in [0.29, 0.717) is 25.5 Å². The highest BCUT2D eigenvalue weighted by atomic mass is 19.4. The summed E-state index contributed by atoms with van der Waals surface area (Å²) in [6.07, 6.45) is -0.586. The summed E-state index contributed by atoms with van der Waals surface area (Å²) >= 11 is 0. The van der Waals surface area contributed by atoms with Gasteiger partial charge in [-0.1, -0.05) is 6.07 Å². The van der Waals surface area contributed by atoms with Gasteiger partial charge in [-0.15, -0.1) is 0 Å². The molecule has 2 aromatic rings. The van der Waals surface area contributed by atoms with Crippen molar-refractivity contribution in [3.05, 3.63) is 48.3 Å². The van der Waals surface area contributed by atoms with Crippen molar-refractivity contribution in [1.29, 1.82) is 0 Å². The van der Waals surface area contributed by atoms with Gasteiger partial charge in [0.05, 0.1) is 0 Å². The lowest BCUT2D eigenvalue weighted by molar-refractivity contribution is -0.272. The number of aromatic nitrogens is 3. The molecule has 2 heterocycles. The third kappa shape index (κ3) is 5.44. The number of aryl methyl sites for hydroxylation is 1. The van der Waals surface area contributed by atoms with Crippen molar-refractivity contribution in [2.45, 2.75) is 31.5 Å². The molecule has 28 heavy (non-hydrogen) atoms. The van der Waals surface area contributed by atoms with Crippen molar-refractivity contribution in [2.75, 3.05) is 19.6 Å². The van der Waals surface area contributed by atoms with E-state index in [1.807, 2.05) is 25.1 Å². The molecule has 0 spiro atoms. The first-order chi connectivity index (χ1) is 13.3. The molecule has 2 aromatic heterocycles. The number of hydrogen-bond donors (Lipinski definition) is 3. The second kappa shape index (κ2) is 9.54. The van der Waals surface area contributed by atoms with Gasteiger partial charge in [-0.2, -0.15) is 13.2 Å². The Hall–Kier alpha value is -2.62. The maximum Gasteiger partial charge on any atom is 0.424 e. The van der Waals surface area contributed by atoms with Crippen LogP contribution in [0.5, 0.6) is 0 Å². The number of aliphatic hydroxyl groups is 1. The minimum Gasteiger partial charge on any atom is -0.374 e. The molecule has 0 aliphatic heterocycles. The summed E-state index contributed by atoms with van der Waals surface area (Å²) in [7, 11) is 1.41. The van der Waals surface area contributed by atoms with E-state index in [1.165, 1.54) is 19.4 Å². The molecular weight excluding hydrogens is 373 g/mol. The average Bonchev–Trinajstić information content (AvgIpc) is 3.08. The van der Waals surface area contributed by atoms with Gasteiger partial charge in [0.25, 0.3) is 0 Å². The minimum absolute atomic E-state index is 0.234. The fourth-order valence-electron chi connectivity index (χ4n) is 2.67. The Bertz CT molecular complexity index is 762. The van der Waals surface area contributed by atoms with Gasteiger partial charge in [-0.3, -0.25) is 9.98 Å². The third-order valence-corrected chi connectivity index (χ3v) is 4.15. The molecule has 0 aliphatic rings. The molecule has 0 radical (unpaired) electrons. The van der Waals surface area contributed by atoms with E-state index in [2.05, 4.69) is 25.6 Å². The molecule has 2 rings (SSSR count). The van der Waals surface area contributed by atoms with Gasteiger partial charge < -0.3 is 20.3 Å². The fraction of sp³-hybridized carbons (Fsp3) is 0.500. The number of nitrogens with zero attached hydrogens (tertiary/aromatic N) is 4. The number of nitrogens with one attached hydrogen (secondary N) is 2. The quantitative estimate of drug-likeness (QED) is 0.466. The summed E-state index contributed by atoms with van der Waals surface area (Å²) in [6, 6.07) is 5.60. The summed E-state index contributed by atoms with van der Waals surface area (Å²) < 4.78 is 41.7. The summed E-state index contributed by atoms with van der Waals surface area (Å²) in [6.45, 7) is 2.70. The van der Waals surface area contributed by atoms with E-state index in [0.717, 1.165) is 10.3 Å². The van der Waals surface area contributed by atoms with Gasteiger partial charge in [0.2, 0.25) is 5.60 Å². The predicted molar refractivity (Wildman–Crippen MR) is 99.7 cm³/mol. The van der Waals surface area contributed by atoms with Crippen molar-refractivity contribution >= 4 is 5.96 Å². The van der Waals surface area contributed by atoms with Crippen LogP contribution in [0.1, 0.15) is 24.9 Å². The first kappa shape index (κ1) is 21.7. The van der Waals surface area contributed by atoms with E-state index in [1.54, 1.807) is 6.20 Å². The second-order valence-corrected chi connectivity index (χ2v) is 6.23. The van der Waals surface area contributed by atoms with Crippen LogP contribution in [0.25, 0.3) is 0 Å². The van der Waals surface area contributed by atoms with Crippen molar-refractivity contribution < 1.29 is 18.3 Å². The monoisotopic (exact) mass is 398 g/mol. The first-order valence-corrected chi connectivity index (χ1v) is 8.97. The van der Waals surface area contributed by atoms with Crippen LogP contribution in [0, 0.1) is 0 Å². The number of aliphatic imine (C=N–C) groups is 1. The zero-order valence-electron chi connectivity index (χ0n) is 15.9. The second-order valence-electron chi connectivity index (χ2n) is 6.23. The Morgan fingerprint density at radius 1 is 1.21 bits per heavy atom. The number of alkyl halides is 3. The lowest BCUT2D eigenvalue weighted by Crippen LogP contribution is -2.45. The topological polar surface area (TPSA) is 87.4 Å². The number of pyridine rings is 1. The molecule has 0 saturated carbocycles. The lowest BCUT2D eigenvalue weighted by Gasteiger charge is -2.29. The highest BCUT2D eigenvalue weighted by Gasteiger charge is 2.57. The van der Waals surface area contributed by atoms with Gasteiger partial charge in [0.1, 0.15) is 5.82 Å². The molecule has 1 unspecified atom stereocenters. The van der Waals surface area contributed by atoms with E-state index < -0.39 is 24.0 Å². The van der Waals surface area contributed by atoms with E-state index >= 15 is 0 Å². The molecule has 1 atom stereocenters. The van der Waals surface area contributed by atoms with Crippen molar-refractivity contribution in [1.82, 2.24) is 25.2 Å². The van der Waals surface area contributed by atoms with Crippen LogP contribution in [0.15, 0.2) is 41.8 Å². The predicted octanol–water partition coefficient (Wildman–Crippen LogP) is 1.75. The molecule has 0 bridgehead atoms. The van der Waals surface area contributed by atoms with E-state index in [4.69, 9.17) is 0 Å². The maximum absolute atomic E-state index is 13.5. The standard InChI is InChI=1S/C18H25F3N6O/c1-3-22-16(25-10-7-14-6-4-5-9-23-14)26-11-8-17(28,18(19,20)21)15-24-12-13-27(15)2/h4-6,9,12-13,28H,3,7-8,10-11H2,1-2H3,(H2,22,25,26). The van der Waals surface area contributed by atoms with Crippen LogP contribution in [0.4, 0.5) is 13.2 Å². The molecule has 0 saturated heterocycles. The van der Waals surface area contributed by atoms with Crippen LogP contribution in [0.3, 0.4) is 0 Å². The number of imidazole rings is 1. The Labute approximate surface area is 161 Å². The van der Waals surface area contributed by atoms with Crippen LogP contribution < -0.4 is 10.6 Å². The van der Waals surface area contributed by atoms with Gasteiger partial charge in [-0.05, 0) is 19.1 Å². The molecule has 0 fully saturated rings. The Balaban J connectivity index is 2.01. The molecule has 0 aromatic carbocycles. The summed E-state index contributed by atoms with van der Waals surface area (Å²) in [5.74, 6) is -0.0777. The highest BCUT2D eigenvalue weighted by molar-refractivity contribution is 5.79. The Morgan fingerprint density at radius 3 is 2.57 bits per heavy atom. The average molecular weight is 398 g/mol. The first-order valence-electron chi connectivity index (χ1n) is 8.97. The lowest BCUT2D eigenvalue weighted by atomic mass is 9.98. The minimum atomic E-state index is -4.87. The molecule has 3 N–H and O–H groups in total.